The minimum absolute atomic E-state index is 0.0238. The van der Waals surface area contributed by atoms with Crippen LogP contribution in [0.5, 0.6) is 0 Å². The lowest BCUT2D eigenvalue weighted by Gasteiger charge is -2.22. The van der Waals surface area contributed by atoms with Gasteiger partial charge in [0.25, 0.3) is 0 Å². The summed E-state index contributed by atoms with van der Waals surface area (Å²) in [6.45, 7) is 7.93. The summed E-state index contributed by atoms with van der Waals surface area (Å²) in [4.78, 5) is 33.8. The van der Waals surface area contributed by atoms with Crippen molar-refractivity contribution in [3.05, 3.63) is 35.4 Å². The van der Waals surface area contributed by atoms with Crippen LogP contribution in [-0.4, -0.2) is 35.5 Å². The van der Waals surface area contributed by atoms with E-state index in [4.69, 9.17) is 5.11 Å². The number of carbonyl (C=O) groups is 3. The van der Waals surface area contributed by atoms with Crippen molar-refractivity contribution in [3.8, 4) is 11.8 Å². The van der Waals surface area contributed by atoms with Gasteiger partial charge in [0.05, 0.1) is 6.54 Å². The van der Waals surface area contributed by atoms with Crippen LogP contribution < -0.4 is 10.6 Å². The molecular formula is C21H28N2O4. The molecule has 2 amide bonds. The number of benzene rings is 1. The first-order chi connectivity index (χ1) is 12.7. The highest BCUT2D eigenvalue weighted by Gasteiger charge is 2.18. The molecule has 1 atom stereocenters. The predicted octanol–water partition coefficient (Wildman–Crippen LogP) is 1.97. The van der Waals surface area contributed by atoms with Crippen molar-refractivity contribution in [2.75, 3.05) is 6.54 Å². The van der Waals surface area contributed by atoms with Crippen LogP contribution in [0, 0.1) is 23.7 Å². The SMILES string of the molecule is CC(C)C(=O)NCC#Cc1ccc(C[C@H](NC(=O)CC(=O)O)C(C)C)cc1. The molecular weight excluding hydrogens is 344 g/mol. The van der Waals surface area contributed by atoms with Gasteiger partial charge < -0.3 is 15.7 Å². The average molecular weight is 372 g/mol. The second-order valence-corrected chi connectivity index (χ2v) is 7.06. The van der Waals surface area contributed by atoms with Crippen LogP contribution in [-0.2, 0) is 20.8 Å². The summed E-state index contributed by atoms with van der Waals surface area (Å²) in [5.41, 5.74) is 1.87. The van der Waals surface area contributed by atoms with E-state index in [1.54, 1.807) is 0 Å². The number of rotatable bonds is 8. The molecule has 1 aromatic rings. The van der Waals surface area contributed by atoms with Crippen molar-refractivity contribution in [1.29, 1.82) is 0 Å². The van der Waals surface area contributed by atoms with E-state index in [2.05, 4.69) is 22.5 Å². The molecule has 27 heavy (non-hydrogen) atoms. The standard InChI is InChI=1S/C21H28N2O4/c1-14(2)18(23-19(24)13-20(25)26)12-17-9-7-16(8-10-17)6-5-11-22-21(27)15(3)4/h7-10,14-15,18H,11-13H2,1-4H3,(H,22,27)(H,23,24)(H,25,26)/t18-/m0/s1. The van der Waals surface area contributed by atoms with E-state index >= 15 is 0 Å². The summed E-state index contributed by atoms with van der Waals surface area (Å²) in [5.74, 6) is 4.39. The van der Waals surface area contributed by atoms with E-state index in [1.165, 1.54) is 0 Å². The van der Waals surface area contributed by atoms with E-state index in [9.17, 15) is 14.4 Å². The molecule has 6 heteroatoms. The molecule has 0 spiro atoms. The molecule has 0 unspecified atom stereocenters. The van der Waals surface area contributed by atoms with Gasteiger partial charge in [0, 0.05) is 17.5 Å². The first-order valence-electron chi connectivity index (χ1n) is 9.05. The fraction of sp³-hybridized carbons (Fsp3) is 0.476. The fourth-order valence-corrected chi connectivity index (χ4v) is 2.31. The van der Waals surface area contributed by atoms with Gasteiger partial charge in [0.15, 0.2) is 0 Å². The Morgan fingerprint density at radius 3 is 2.22 bits per heavy atom. The topological polar surface area (TPSA) is 95.5 Å². The van der Waals surface area contributed by atoms with Crippen molar-refractivity contribution in [2.24, 2.45) is 11.8 Å². The highest BCUT2D eigenvalue weighted by Crippen LogP contribution is 2.12. The van der Waals surface area contributed by atoms with Gasteiger partial charge in [-0.2, -0.15) is 0 Å². The average Bonchev–Trinajstić information content (AvgIpc) is 2.58. The zero-order chi connectivity index (χ0) is 20.4. The quantitative estimate of drug-likeness (QED) is 0.480. The molecule has 146 valence electrons. The summed E-state index contributed by atoms with van der Waals surface area (Å²) >= 11 is 0. The lowest BCUT2D eigenvalue weighted by molar-refractivity contribution is -0.141. The van der Waals surface area contributed by atoms with Gasteiger partial charge >= 0.3 is 5.97 Å². The van der Waals surface area contributed by atoms with Gasteiger partial charge in [-0.15, -0.1) is 0 Å². The predicted molar refractivity (Wildman–Crippen MR) is 104 cm³/mol. The Hall–Kier alpha value is -2.81. The maximum Gasteiger partial charge on any atom is 0.312 e. The fourth-order valence-electron chi connectivity index (χ4n) is 2.31. The first-order valence-corrected chi connectivity index (χ1v) is 9.05. The maximum atomic E-state index is 11.7. The molecule has 0 aliphatic carbocycles. The number of nitrogens with one attached hydrogen (secondary N) is 2. The van der Waals surface area contributed by atoms with Crippen LogP contribution in [0.15, 0.2) is 24.3 Å². The van der Waals surface area contributed by atoms with Crippen molar-refractivity contribution < 1.29 is 19.5 Å². The molecule has 0 fully saturated rings. The normalized spacial score (nSPS) is 11.5. The molecule has 0 aliphatic heterocycles. The van der Waals surface area contributed by atoms with E-state index in [-0.39, 0.29) is 23.8 Å². The largest absolute Gasteiger partial charge is 0.481 e. The van der Waals surface area contributed by atoms with E-state index in [0.717, 1.165) is 11.1 Å². The highest BCUT2D eigenvalue weighted by atomic mass is 16.4. The molecule has 0 saturated carbocycles. The number of carboxylic acid groups (broad SMARTS) is 1. The Bertz CT molecular complexity index is 712. The summed E-state index contributed by atoms with van der Waals surface area (Å²) in [7, 11) is 0. The van der Waals surface area contributed by atoms with Gasteiger partial charge in [-0.25, -0.2) is 0 Å². The highest BCUT2D eigenvalue weighted by molar-refractivity contribution is 5.93. The zero-order valence-corrected chi connectivity index (χ0v) is 16.3. The Kier molecular flexibility index (Phi) is 9.07. The van der Waals surface area contributed by atoms with Gasteiger partial charge in [0.2, 0.25) is 11.8 Å². The van der Waals surface area contributed by atoms with E-state index in [1.807, 2.05) is 52.0 Å². The zero-order valence-electron chi connectivity index (χ0n) is 16.3. The molecule has 1 aromatic carbocycles. The van der Waals surface area contributed by atoms with Gasteiger partial charge in [-0.3, -0.25) is 14.4 Å². The smallest absolute Gasteiger partial charge is 0.312 e. The van der Waals surface area contributed by atoms with Crippen molar-refractivity contribution in [1.82, 2.24) is 10.6 Å². The van der Waals surface area contributed by atoms with Crippen molar-refractivity contribution in [2.45, 2.75) is 46.6 Å². The summed E-state index contributed by atoms with van der Waals surface area (Å²) in [6.07, 6.45) is 0.0896. The first kappa shape index (κ1) is 22.2. The minimum atomic E-state index is -1.14. The summed E-state index contributed by atoms with van der Waals surface area (Å²) < 4.78 is 0. The van der Waals surface area contributed by atoms with Crippen LogP contribution in [0.4, 0.5) is 0 Å². The summed E-state index contributed by atoms with van der Waals surface area (Å²) in [6, 6.07) is 7.52. The van der Waals surface area contributed by atoms with Gasteiger partial charge in [-0.1, -0.05) is 51.7 Å². The van der Waals surface area contributed by atoms with E-state index in [0.29, 0.717) is 13.0 Å². The molecule has 3 N–H and O–H groups in total. The summed E-state index contributed by atoms with van der Waals surface area (Å²) in [5, 5.41) is 14.2. The lowest BCUT2D eigenvalue weighted by Crippen LogP contribution is -2.40. The number of carbonyl (C=O) groups excluding carboxylic acids is 2. The molecule has 0 bridgehead atoms. The monoisotopic (exact) mass is 372 g/mol. The van der Waals surface area contributed by atoms with Gasteiger partial charge in [0.1, 0.15) is 6.42 Å². The maximum absolute atomic E-state index is 11.7. The second kappa shape index (κ2) is 11.0. The number of amides is 2. The molecule has 0 radical (unpaired) electrons. The van der Waals surface area contributed by atoms with Gasteiger partial charge in [-0.05, 0) is 30.0 Å². The lowest BCUT2D eigenvalue weighted by atomic mass is 9.95. The van der Waals surface area contributed by atoms with Crippen molar-refractivity contribution >= 4 is 17.8 Å². The third-order valence-electron chi connectivity index (χ3n) is 3.98. The number of hydrogen-bond donors (Lipinski definition) is 3. The van der Waals surface area contributed by atoms with Crippen LogP contribution >= 0.6 is 0 Å². The second-order valence-electron chi connectivity index (χ2n) is 7.06. The Labute approximate surface area is 160 Å². The number of aliphatic carboxylic acids is 1. The molecule has 1 rings (SSSR count). The van der Waals surface area contributed by atoms with Crippen LogP contribution in [0.1, 0.15) is 45.2 Å². The third kappa shape index (κ3) is 8.91. The van der Waals surface area contributed by atoms with Crippen molar-refractivity contribution in [3.63, 3.8) is 0 Å². The molecule has 6 nitrogen and oxygen atoms in total. The minimum Gasteiger partial charge on any atom is -0.481 e. The molecule has 0 heterocycles. The number of carboxylic acids is 1. The Morgan fingerprint density at radius 1 is 1.07 bits per heavy atom. The Balaban J connectivity index is 2.62. The van der Waals surface area contributed by atoms with Crippen LogP contribution in [0.25, 0.3) is 0 Å². The Morgan fingerprint density at radius 2 is 1.70 bits per heavy atom. The van der Waals surface area contributed by atoms with E-state index < -0.39 is 18.3 Å². The van der Waals surface area contributed by atoms with Crippen LogP contribution in [0.3, 0.4) is 0 Å². The van der Waals surface area contributed by atoms with Crippen LogP contribution in [0.2, 0.25) is 0 Å². The molecule has 0 aromatic heterocycles. The third-order valence-corrected chi connectivity index (χ3v) is 3.98. The molecule has 0 saturated heterocycles. The molecule has 0 aliphatic rings. The number of hydrogen-bond acceptors (Lipinski definition) is 3.